The maximum absolute atomic E-state index is 12.8. The van der Waals surface area contributed by atoms with Gasteiger partial charge in [-0.25, -0.2) is 9.37 Å². The van der Waals surface area contributed by atoms with Gasteiger partial charge in [0.1, 0.15) is 11.6 Å². The molecule has 3 rings (SSSR count). The van der Waals surface area contributed by atoms with Gasteiger partial charge in [-0.3, -0.25) is 0 Å². The Morgan fingerprint density at radius 2 is 2.11 bits per heavy atom. The predicted molar refractivity (Wildman–Crippen MR) is 68.7 cm³/mol. The molecule has 0 saturated carbocycles. The maximum Gasteiger partial charge on any atom is 0.123 e. The Labute approximate surface area is 105 Å². The topological polar surface area (TPSA) is 40.7 Å². The number of aromatic amines is 1. The number of imidazole rings is 1. The van der Waals surface area contributed by atoms with Gasteiger partial charge < -0.3 is 10.3 Å². The van der Waals surface area contributed by atoms with E-state index in [4.69, 9.17) is 0 Å². The Morgan fingerprint density at radius 3 is 2.83 bits per heavy atom. The molecule has 0 radical (unpaired) electrons. The predicted octanol–water partition coefficient (Wildman–Crippen LogP) is 2.51. The van der Waals surface area contributed by atoms with Gasteiger partial charge in [-0.2, -0.15) is 0 Å². The lowest BCUT2D eigenvalue weighted by Gasteiger charge is -2.06. The van der Waals surface area contributed by atoms with Gasteiger partial charge in [0, 0.05) is 12.5 Å². The number of halogens is 1. The molecule has 2 heterocycles. The highest BCUT2D eigenvalue weighted by molar-refractivity contribution is 5.58. The molecular weight excluding hydrogens is 229 g/mol. The molecule has 2 N–H and O–H groups in total. The standard InChI is InChI=1S/C14H16FN3/c15-11-5-3-10(4-6-11)13-9-17-14(18-13)8-12-2-1-7-16-12/h3-6,9,12,16H,1-2,7-8H2,(H,17,18)/t12-/m0/s1. The first-order valence-electron chi connectivity index (χ1n) is 6.34. The van der Waals surface area contributed by atoms with E-state index in [1.54, 1.807) is 12.1 Å². The van der Waals surface area contributed by atoms with Crippen molar-refractivity contribution in [3.63, 3.8) is 0 Å². The number of nitrogens with zero attached hydrogens (tertiary/aromatic N) is 1. The summed E-state index contributed by atoms with van der Waals surface area (Å²) in [6, 6.07) is 7.00. The van der Waals surface area contributed by atoms with Crippen molar-refractivity contribution in [1.29, 1.82) is 0 Å². The summed E-state index contributed by atoms with van der Waals surface area (Å²) in [6.07, 6.45) is 5.21. The van der Waals surface area contributed by atoms with Gasteiger partial charge in [-0.1, -0.05) is 0 Å². The van der Waals surface area contributed by atoms with Crippen LogP contribution in [0.1, 0.15) is 18.7 Å². The molecule has 2 aromatic rings. The number of hydrogen-bond donors (Lipinski definition) is 2. The second-order valence-electron chi connectivity index (χ2n) is 4.75. The van der Waals surface area contributed by atoms with Crippen molar-refractivity contribution in [2.75, 3.05) is 6.54 Å². The molecule has 4 heteroatoms. The highest BCUT2D eigenvalue weighted by Gasteiger charge is 2.16. The van der Waals surface area contributed by atoms with E-state index in [-0.39, 0.29) is 5.82 Å². The van der Waals surface area contributed by atoms with Gasteiger partial charge in [0.25, 0.3) is 0 Å². The molecule has 1 aliphatic rings. The fraction of sp³-hybridized carbons (Fsp3) is 0.357. The smallest absolute Gasteiger partial charge is 0.123 e. The van der Waals surface area contributed by atoms with Crippen molar-refractivity contribution < 1.29 is 4.39 Å². The van der Waals surface area contributed by atoms with Crippen LogP contribution in [0.2, 0.25) is 0 Å². The van der Waals surface area contributed by atoms with E-state index < -0.39 is 0 Å². The van der Waals surface area contributed by atoms with Crippen LogP contribution >= 0.6 is 0 Å². The quantitative estimate of drug-likeness (QED) is 0.872. The highest BCUT2D eigenvalue weighted by atomic mass is 19.1. The van der Waals surface area contributed by atoms with E-state index in [0.29, 0.717) is 6.04 Å². The molecule has 1 aromatic heterocycles. The average molecular weight is 245 g/mol. The summed E-state index contributed by atoms with van der Waals surface area (Å²) in [5.74, 6) is 0.780. The summed E-state index contributed by atoms with van der Waals surface area (Å²) in [5, 5.41) is 3.45. The van der Waals surface area contributed by atoms with Gasteiger partial charge in [0.2, 0.25) is 0 Å². The zero-order valence-electron chi connectivity index (χ0n) is 10.1. The molecule has 0 unspecified atom stereocenters. The maximum atomic E-state index is 12.8. The summed E-state index contributed by atoms with van der Waals surface area (Å²) in [4.78, 5) is 7.69. The number of rotatable bonds is 3. The lowest BCUT2D eigenvalue weighted by molar-refractivity contribution is 0.589. The first-order chi connectivity index (χ1) is 8.81. The summed E-state index contributed by atoms with van der Waals surface area (Å²) >= 11 is 0. The zero-order chi connectivity index (χ0) is 12.4. The molecular formula is C14H16FN3. The van der Waals surface area contributed by atoms with Gasteiger partial charge >= 0.3 is 0 Å². The molecule has 1 fully saturated rings. The molecule has 18 heavy (non-hydrogen) atoms. The molecule has 0 aliphatic carbocycles. The van der Waals surface area contributed by atoms with Crippen molar-refractivity contribution in [3.05, 3.63) is 42.1 Å². The fourth-order valence-corrected chi connectivity index (χ4v) is 2.41. The SMILES string of the molecule is Fc1ccc(-c2cnc(C[C@@H]3CCCN3)[nH]2)cc1. The lowest BCUT2D eigenvalue weighted by Crippen LogP contribution is -2.24. The van der Waals surface area contributed by atoms with Crippen LogP contribution in [0.25, 0.3) is 11.3 Å². The first-order valence-corrected chi connectivity index (χ1v) is 6.34. The molecule has 1 aromatic carbocycles. The van der Waals surface area contributed by atoms with Gasteiger partial charge in [0.05, 0.1) is 11.9 Å². The van der Waals surface area contributed by atoms with Gasteiger partial charge in [0.15, 0.2) is 0 Å². The lowest BCUT2D eigenvalue weighted by atomic mass is 10.1. The number of H-pyrrole nitrogens is 1. The summed E-state index contributed by atoms with van der Waals surface area (Å²) in [7, 11) is 0. The molecule has 3 nitrogen and oxygen atoms in total. The first kappa shape index (κ1) is 11.4. The number of hydrogen-bond acceptors (Lipinski definition) is 2. The second-order valence-corrected chi connectivity index (χ2v) is 4.75. The molecule has 0 spiro atoms. The Balaban J connectivity index is 1.74. The monoisotopic (exact) mass is 245 g/mol. The fourth-order valence-electron chi connectivity index (χ4n) is 2.41. The third kappa shape index (κ3) is 2.43. The van der Waals surface area contributed by atoms with Crippen LogP contribution < -0.4 is 5.32 Å². The number of nitrogens with one attached hydrogen (secondary N) is 2. The Morgan fingerprint density at radius 1 is 1.28 bits per heavy atom. The molecule has 1 aliphatic heterocycles. The normalized spacial score (nSPS) is 19.3. The van der Waals surface area contributed by atoms with E-state index in [2.05, 4.69) is 15.3 Å². The third-order valence-electron chi connectivity index (χ3n) is 3.39. The summed E-state index contributed by atoms with van der Waals surface area (Å²) in [5.41, 5.74) is 1.91. The Kier molecular flexibility index (Phi) is 3.11. The summed E-state index contributed by atoms with van der Waals surface area (Å²) in [6.45, 7) is 1.11. The van der Waals surface area contributed by atoms with Crippen molar-refractivity contribution in [3.8, 4) is 11.3 Å². The van der Waals surface area contributed by atoms with Crippen LogP contribution in [0.15, 0.2) is 30.5 Å². The van der Waals surface area contributed by atoms with E-state index in [1.165, 1.54) is 25.0 Å². The van der Waals surface area contributed by atoms with Crippen molar-refractivity contribution in [2.24, 2.45) is 0 Å². The van der Waals surface area contributed by atoms with Crippen LogP contribution in [0.4, 0.5) is 4.39 Å². The van der Waals surface area contributed by atoms with Crippen LogP contribution in [0.3, 0.4) is 0 Å². The van der Waals surface area contributed by atoms with Gasteiger partial charge in [-0.05, 0) is 49.2 Å². The van der Waals surface area contributed by atoms with Crippen LogP contribution in [-0.4, -0.2) is 22.6 Å². The van der Waals surface area contributed by atoms with Crippen LogP contribution in [0, 0.1) is 5.82 Å². The average Bonchev–Trinajstić information content (AvgIpc) is 3.02. The minimum atomic E-state index is -0.214. The van der Waals surface area contributed by atoms with E-state index in [1.807, 2.05) is 6.20 Å². The zero-order valence-corrected chi connectivity index (χ0v) is 10.1. The van der Waals surface area contributed by atoms with E-state index in [0.717, 1.165) is 30.0 Å². The Bertz CT molecular complexity index is 512. The largest absolute Gasteiger partial charge is 0.342 e. The second kappa shape index (κ2) is 4.90. The van der Waals surface area contributed by atoms with Crippen molar-refractivity contribution >= 4 is 0 Å². The molecule has 1 atom stereocenters. The van der Waals surface area contributed by atoms with Crippen molar-refractivity contribution in [2.45, 2.75) is 25.3 Å². The van der Waals surface area contributed by atoms with E-state index >= 15 is 0 Å². The van der Waals surface area contributed by atoms with Crippen LogP contribution in [0.5, 0.6) is 0 Å². The Hall–Kier alpha value is -1.68. The minimum absolute atomic E-state index is 0.214. The van der Waals surface area contributed by atoms with Gasteiger partial charge in [-0.15, -0.1) is 0 Å². The summed E-state index contributed by atoms with van der Waals surface area (Å²) < 4.78 is 12.8. The molecule has 1 saturated heterocycles. The molecule has 0 amide bonds. The number of benzene rings is 1. The third-order valence-corrected chi connectivity index (χ3v) is 3.39. The molecule has 0 bridgehead atoms. The van der Waals surface area contributed by atoms with Crippen molar-refractivity contribution in [1.82, 2.24) is 15.3 Å². The minimum Gasteiger partial charge on any atom is -0.342 e. The van der Waals surface area contributed by atoms with Crippen LogP contribution in [-0.2, 0) is 6.42 Å². The highest BCUT2D eigenvalue weighted by Crippen LogP contribution is 2.18. The van der Waals surface area contributed by atoms with E-state index in [9.17, 15) is 4.39 Å². The number of aromatic nitrogens is 2. The molecule has 94 valence electrons.